The van der Waals surface area contributed by atoms with Crippen molar-refractivity contribution in [3.63, 3.8) is 0 Å². The van der Waals surface area contributed by atoms with Crippen LogP contribution >= 0.6 is 0 Å². The lowest BCUT2D eigenvalue weighted by Gasteiger charge is -2.20. The van der Waals surface area contributed by atoms with Crippen LogP contribution in [-0.4, -0.2) is 11.6 Å². The van der Waals surface area contributed by atoms with Crippen molar-refractivity contribution in [2.24, 2.45) is 5.92 Å². The normalized spacial score (nSPS) is 17.1. The van der Waals surface area contributed by atoms with E-state index in [1.54, 1.807) is 20.8 Å². The highest BCUT2D eigenvalue weighted by Gasteiger charge is 2.27. The molecule has 2 nitrogen and oxygen atoms in total. The molecule has 0 bridgehead atoms. The molecular formula is C22H30F2O2. The molecule has 144 valence electrons. The molecule has 0 aromatic heterocycles. The minimum atomic E-state index is -1.62. The molecule has 0 radical (unpaired) electrons. The third kappa shape index (κ3) is 6.47. The van der Waals surface area contributed by atoms with Crippen LogP contribution in [0.2, 0.25) is 0 Å². The molecule has 0 aromatic rings. The van der Waals surface area contributed by atoms with Crippen molar-refractivity contribution in [3.05, 3.63) is 46.1 Å². The van der Waals surface area contributed by atoms with Crippen LogP contribution in [0.5, 0.6) is 0 Å². The van der Waals surface area contributed by atoms with Crippen LogP contribution in [0.25, 0.3) is 0 Å². The zero-order chi connectivity index (χ0) is 19.9. The molecule has 1 atom stereocenters. The Morgan fingerprint density at radius 2 is 1.54 bits per heavy atom. The van der Waals surface area contributed by atoms with Gasteiger partial charge in [-0.05, 0) is 78.2 Å². The maximum Gasteiger partial charge on any atom is 0.266 e. The van der Waals surface area contributed by atoms with E-state index in [0.29, 0.717) is 47.5 Å². The van der Waals surface area contributed by atoms with Gasteiger partial charge in [0.2, 0.25) is 0 Å². The third-order valence-corrected chi connectivity index (χ3v) is 5.19. The number of hydrogen-bond donors (Lipinski definition) is 0. The van der Waals surface area contributed by atoms with Crippen LogP contribution in [0.15, 0.2) is 46.1 Å². The summed E-state index contributed by atoms with van der Waals surface area (Å²) in [4.78, 5) is 24.6. The average molecular weight is 364 g/mol. The molecule has 0 aliphatic heterocycles. The quantitative estimate of drug-likeness (QED) is 0.346. The van der Waals surface area contributed by atoms with Gasteiger partial charge in [0.05, 0.1) is 0 Å². The molecule has 0 aromatic carbocycles. The minimum absolute atomic E-state index is 0.00990. The summed E-state index contributed by atoms with van der Waals surface area (Å²) in [6.45, 7) is 9.29. The van der Waals surface area contributed by atoms with Crippen LogP contribution < -0.4 is 0 Å². The monoisotopic (exact) mass is 364 g/mol. The standard InChI is InChI=1S/C22H30F2O2/c1-14(10-7-11-20(23)24)8-6-9-15(2)12-13-19-18(5)21(25)16(3)17(4)22(19)26/h8,11,15H,6-7,9-10,12-13H2,1-5H3/b14-8+. The zero-order valence-corrected chi connectivity index (χ0v) is 16.5. The van der Waals surface area contributed by atoms with Gasteiger partial charge in [0.25, 0.3) is 6.08 Å². The van der Waals surface area contributed by atoms with Gasteiger partial charge >= 0.3 is 0 Å². The van der Waals surface area contributed by atoms with Crippen LogP contribution in [-0.2, 0) is 9.59 Å². The van der Waals surface area contributed by atoms with Crippen molar-refractivity contribution >= 4 is 11.6 Å². The van der Waals surface area contributed by atoms with E-state index in [9.17, 15) is 18.4 Å². The van der Waals surface area contributed by atoms with Crippen molar-refractivity contribution < 1.29 is 18.4 Å². The molecular weight excluding hydrogens is 334 g/mol. The zero-order valence-electron chi connectivity index (χ0n) is 16.5. The molecule has 1 aliphatic rings. The van der Waals surface area contributed by atoms with Gasteiger partial charge in [0.15, 0.2) is 11.6 Å². The second-order valence-electron chi connectivity index (χ2n) is 7.32. The lowest BCUT2D eigenvalue weighted by molar-refractivity contribution is -0.116. The van der Waals surface area contributed by atoms with Gasteiger partial charge in [-0.2, -0.15) is 8.78 Å². The van der Waals surface area contributed by atoms with Crippen molar-refractivity contribution in [1.82, 2.24) is 0 Å². The van der Waals surface area contributed by atoms with Crippen molar-refractivity contribution in [2.75, 3.05) is 0 Å². The number of hydrogen-bond acceptors (Lipinski definition) is 2. The molecule has 0 saturated heterocycles. The van der Waals surface area contributed by atoms with Crippen molar-refractivity contribution in [1.29, 1.82) is 0 Å². The lowest BCUT2D eigenvalue weighted by atomic mass is 9.82. The Balaban J connectivity index is 2.47. The molecule has 0 saturated carbocycles. The second kappa shape index (κ2) is 10.3. The van der Waals surface area contributed by atoms with E-state index < -0.39 is 6.08 Å². The van der Waals surface area contributed by atoms with Gasteiger partial charge in [-0.1, -0.05) is 18.6 Å². The van der Waals surface area contributed by atoms with E-state index >= 15 is 0 Å². The predicted molar refractivity (Wildman–Crippen MR) is 102 cm³/mol. The van der Waals surface area contributed by atoms with E-state index in [4.69, 9.17) is 0 Å². The summed E-state index contributed by atoms with van der Waals surface area (Å²) < 4.78 is 24.0. The molecule has 0 amide bonds. The fraction of sp³-hybridized carbons (Fsp3) is 0.545. The number of rotatable bonds is 9. The van der Waals surface area contributed by atoms with E-state index in [2.05, 4.69) is 13.0 Å². The molecule has 1 aliphatic carbocycles. The molecule has 4 heteroatoms. The Kier molecular flexibility index (Phi) is 8.83. The van der Waals surface area contributed by atoms with Gasteiger partial charge in [-0.15, -0.1) is 0 Å². The van der Waals surface area contributed by atoms with Crippen LogP contribution in [0.1, 0.15) is 73.1 Å². The van der Waals surface area contributed by atoms with Crippen molar-refractivity contribution in [2.45, 2.75) is 73.1 Å². The van der Waals surface area contributed by atoms with Crippen LogP contribution in [0.4, 0.5) is 8.78 Å². The SMILES string of the molecule is CC1=C(C)C(=O)C(CCC(C)CC/C=C(\C)CCC=C(F)F)=C(C)C1=O. The number of Topliss-reactive ketones (excluding diaryl/α,β-unsaturated/α-hetero) is 2. The number of allylic oxidation sites excluding steroid dienone is 7. The number of carbonyl (C=O) groups is 2. The first-order chi connectivity index (χ1) is 12.1. The topological polar surface area (TPSA) is 34.1 Å². The molecule has 0 heterocycles. The van der Waals surface area contributed by atoms with Gasteiger partial charge in [0, 0.05) is 22.3 Å². The Hall–Kier alpha value is -1.84. The van der Waals surface area contributed by atoms with Gasteiger partial charge in [-0.3, -0.25) is 9.59 Å². The summed E-state index contributed by atoms with van der Waals surface area (Å²) in [5.74, 6) is 0.426. The highest BCUT2D eigenvalue weighted by atomic mass is 19.3. The largest absolute Gasteiger partial charge is 0.289 e. The summed E-state index contributed by atoms with van der Waals surface area (Å²) in [6.07, 6.45) is 5.84. The molecule has 0 N–H and O–H groups in total. The van der Waals surface area contributed by atoms with E-state index in [1.807, 2.05) is 6.92 Å². The van der Waals surface area contributed by atoms with E-state index in [1.165, 1.54) is 0 Å². The third-order valence-electron chi connectivity index (χ3n) is 5.19. The van der Waals surface area contributed by atoms with E-state index in [0.717, 1.165) is 30.9 Å². The summed E-state index contributed by atoms with van der Waals surface area (Å²) >= 11 is 0. The Labute approximate surface area is 155 Å². The van der Waals surface area contributed by atoms with E-state index in [-0.39, 0.29) is 11.6 Å². The number of ketones is 2. The first-order valence-corrected chi connectivity index (χ1v) is 9.28. The predicted octanol–water partition coefficient (Wildman–Crippen LogP) is 6.49. The smallest absolute Gasteiger partial charge is 0.266 e. The molecule has 0 spiro atoms. The Bertz CT molecular complexity index is 674. The average Bonchev–Trinajstić information content (AvgIpc) is 2.58. The lowest BCUT2D eigenvalue weighted by Crippen LogP contribution is -2.21. The summed E-state index contributed by atoms with van der Waals surface area (Å²) in [6, 6.07) is 0. The van der Waals surface area contributed by atoms with Gasteiger partial charge in [-0.25, -0.2) is 0 Å². The van der Waals surface area contributed by atoms with Crippen LogP contribution in [0, 0.1) is 5.92 Å². The van der Waals surface area contributed by atoms with Gasteiger partial charge < -0.3 is 0 Å². The summed E-state index contributed by atoms with van der Waals surface area (Å²) in [7, 11) is 0. The highest BCUT2D eigenvalue weighted by Crippen LogP contribution is 2.28. The summed E-state index contributed by atoms with van der Waals surface area (Å²) in [5, 5.41) is 0. The van der Waals surface area contributed by atoms with Gasteiger partial charge in [0.1, 0.15) is 0 Å². The van der Waals surface area contributed by atoms with Crippen molar-refractivity contribution in [3.8, 4) is 0 Å². The first-order valence-electron chi connectivity index (χ1n) is 9.28. The fourth-order valence-corrected chi connectivity index (χ4v) is 3.12. The fourth-order valence-electron chi connectivity index (χ4n) is 3.12. The Morgan fingerprint density at radius 3 is 2.15 bits per heavy atom. The number of carbonyl (C=O) groups excluding carboxylic acids is 2. The molecule has 0 fully saturated rings. The second-order valence-corrected chi connectivity index (χ2v) is 7.32. The minimum Gasteiger partial charge on any atom is -0.289 e. The first kappa shape index (κ1) is 22.2. The van der Waals surface area contributed by atoms with Crippen LogP contribution in [0.3, 0.4) is 0 Å². The highest BCUT2D eigenvalue weighted by molar-refractivity contribution is 6.24. The molecule has 1 unspecified atom stereocenters. The maximum absolute atomic E-state index is 12.4. The maximum atomic E-state index is 12.4. The molecule has 26 heavy (non-hydrogen) atoms. The summed E-state index contributed by atoms with van der Waals surface area (Å²) in [5.41, 5.74) is 3.51. The molecule has 1 rings (SSSR count). The Morgan fingerprint density at radius 1 is 0.923 bits per heavy atom. The number of halogens is 2.